The predicted octanol–water partition coefficient (Wildman–Crippen LogP) is 1.20. The van der Waals surface area contributed by atoms with E-state index in [1.807, 2.05) is 0 Å². The Hall–Kier alpha value is -1.93. The van der Waals surface area contributed by atoms with Gasteiger partial charge in [0.2, 0.25) is 0 Å². The summed E-state index contributed by atoms with van der Waals surface area (Å²) in [6.45, 7) is 0. The molecular weight excluding hydrogens is 340 g/mol. The highest BCUT2D eigenvalue weighted by Crippen LogP contribution is 2.34. The first-order valence-corrected chi connectivity index (χ1v) is 10.4. The highest BCUT2D eigenvalue weighted by molar-refractivity contribution is 7.89. The molecule has 134 valence electrons. The molecule has 1 unspecified atom stereocenters. The zero-order valence-electron chi connectivity index (χ0n) is 14.3. The molecule has 7 nitrogen and oxygen atoms in total. The molecular formula is C17H22N4O3S. The number of piperidine rings is 1. The van der Waals surface area contributed by atoms with Crippen LogP contribution in [0.3, 0.4) is 0 Å². The molecule has 3 atom stereocenters. The summed E-state index contributed by atoms with van der Waals surface area (Å²) >= 11 is 0. The highest BCUT2D eigenvalue weighted by atomic mass is 32.2. The zero-order valence-corrected chi connectivity index (χ0v) is 15.2. The largest absolute Gasteiger partial charge is 0.348 e. The van der Waals surface area contributed by atoms with Crippen molar-refractivity contribution in [3.63, 3.8) is 0 Å². The van der Waals surface area contributed by atoms with Gasteiger partial charge in [0.05, 0.1) is 11.8 Å². The van der Waals surface area contributed by atoms with Crippen LogP contribution in [0.1, 0.15) is 36.2 Å². The molecule has 1 aromatic carbocycles. The summed E-state index contributed by atoms with van der Waals surface area (Å²) in [5, 5.41) is 7.73. The molecule has 2 aliphatic rings. The molecule has 0 saturated carbocycles. The van der Waals surface area contributed by atoms with Gasteiger partial charge in [-0.1, -0.05) is 18.2 Å². The molecule has 0 spiro atoms. The Kier molecular flexibility index (Phi) is 3.84. The average molecular weight is 362 g/mol. The summed E-state index contributed by atoms with van der Waals surface area (Å²) in [4.78, 5) is 15.2. The predicted molar refractivity (Wildman–Crippen MR) is 95.0 cm³/mol. The number of benzene rings is 1. The van der Waals surface area contributed by atoms with Crippen molar-refractivity contribution in [2.75, 3.05) is 13.3 Å². The van der Waals surface area contributed by atoms with Crippen LogP contribution in [0.15, 0.2) is 24.3 Å². The van der Waals surface area contributed by atoms with Crippen molar-refractivity contribution < 1.29 is 13.2 Å². The Labute approximate surface area is 147 Å². The van der Waals surface area contributed by atoms with Crippen LogP contribution in [0.25, 0.3) is 10.9 Å². The van der Waals surface area contributed by atoms with Crippen molar-refractivity contribution in [3.05, 3.63) is 30.0 Å². The summed E-state index contributed by atoms with van der Waals surface area (Å²) in [6, 6.07) is 8.07. The minimum Gasteiger partial charge on any atom is -0.348 e. The first kappa shape index (κ1) is 16.5. The third kappa shape index (κ3) is 2.83. The van der Waals surface area contributed by atoms with E-state index in [0.29, 0.717) is 23.0 Å². The average Bonchev–Trinajstić information content (AvgIpc) is 3.02. The van der Waals surface area contributed by atoms with Crippen molar-refractivity contribution in [2.45, 2.75) is 43.8 Å². The van der Waals surface area contributed by atoms with Crippen LogP contribution in [0.5, 0.6) is 0 Å². The molecule has 0 aliphatic carbocycles. The summed E-state index contributed by atoms with van der Waals surface area (Å²) in [5.41, 5.74) is 0.603. The molecule has 2 bridgehead atoms. The molecule has 0 radical (unpaired) electrons. The lowest BCUT2D eigenvalue weighted by atomic mass is 9.98. The zero-order chi connectivity index (χ0) is 17.8. The maximum Gasteiger partial charge on any atom is 0.272 e. The Morgan fingerprint density at radius 3 is 2.48 bits per heavy atom. The second-order valence-electron chi connectivity index (χ2n) is 7.16. The van der Waals surface area contributed by atoms with E-state index in [1.54, 1.807) is 24.3 Å². The lowest BCUT2D eigenvalue weighted by Gasteiger charge is -2.36. The Morgan fingerprint density at radius 2 is 1.84 bits per heavy atom. The third-order valence-corrected chi connectivity index (χ3v) is 6.43. The highest BCUT2D eigenvalue weighted by Gasteiger charge is 2.39. The lowest BCUT2D eigenvalue weighted by Crippen LogP contribution is -2.48. The van der Waals surface area contributed by atoms with Crippen molar-refractivity contribution >= 4 is 26.8 Å². The van der Waals surface area contributed by atoms with Gasteiger partial charge in [0.15, 0.2) is 5.69 Å². The number of hydrogen-bond acceptors (Lipinski definition) is 5. The molecule has 2 fully saturated rings. The van der Waals surface area contributed by atoms with Gasteiger partial charge in [-0.15, -0.1) is 0 Å². The number of para-hydroxylation sites is 1. The van der Waals surface area contributed by atoms with Gasteiger partial charge in [-0.05, 0) is 38.8 Å². The molecule has 4 rings (SSSR count). The third-order valence-electron chi connectivity index (χ3n) is 5.52. The van der Waals surface area contributed by atoms with Crippen LogP contribution in [-0.4, -0.2) is 59.8 Å². The number of fused-ring (bicyclic) bond motifs is 3. The molecule has 2 aliphatic heterocycles. The van der Waals surface area contributed by atoms with Crippen molar-refractivity contribution in [1.82, 2.24) is 19.4 Å². The van der Waals surface area contributed by atoms with E-state index in [9.17, 15) is 13.2 Å². The van der Waals surface area contributed by atoms with Crippen molar-refractivity contribution in [1.29, 1.82) is 0 Å². The van der Waals surface area contributed by atoms with E-state index in [2.05, 4.69) is 22.4 Å². The number of carbonyl (C=O) groups is 1. The second-order valence-corrected chi connectivity index (χ2v) is 8.98. The Balaban J connectivity index is 1.63. The molecule has 8 heteroatoms. The number of aromatic nitrogens is 2. The van der Waals surface area contributed by atoms with Crippen LogP contribution < -0.4 is 5.32 Å². The summed E-state index contributed by atoms with van der Waals surface area (Å²) in [6.07, 6.45) is 5.31. The van der Waals surface area contributed by atoms with E-state index >= 15 is 0 Å². The maximum absolute atomic E-state index is 12.8. The van der Waals surface area contributed by atoms with E-state index in [-0.39, 0.29) is 17.6 Å². The number of rotatable bonds is 3. The Morgan fingerprint density at radius 1 is 1.20 bits per heavy atom. The first-order chi connectivity index (χ1) is 11.8. The summed E-state index contributed by atoms with van der Waals surface area (Å²) in [5.74, 6) is -0.299. The van der Waals surface area contributed by atoms with Gasteiger partial charge in [0.1, 0.15) is 0 Å². The van der Waals surface area contributed by atoms with E-state index in [4.69, 9.17) is 0 Å². The molecule has 1 amide bonds. The minimum atomic E-state index is -3.57. The number of nitrogens with one attached hydrogen (secondary N) is 1. The number of hydrogen-bond donors (Lipinski definition) is 1. The van der Waals surface area contributed by atoms with Crippen molar-refractivity contribution in [3.8, 4) is 0 Å². The Bertz CT molecular complexity index is 923. The smallest absolute Gasteiger partial charge is 0.272 e. The quantitative estimate of drug-likeness (QED) is 0.887. The van der Waals surface area contributed by atoms with Crippen LogP contribution in [0, 0.1) is 0 Å². The topological polar surface area (TPSA) is 84.3 Å². The van der Waals surface area contributed by atoms with Gasteiger partial charge in [-0.3, -0.25) is 4.79 Å². The van der Waals surface area contributed by atoms with Crippen LogP contribution in [-0.2, 0) is 10.0 Å². The molecule has 25 heavy (non-hydrogen) atoms. The molecule has 2 aromatic rings. The van der Waals surface area contributed by atoms with E-state index in [0.717, 1.165) is 23.2 Å². The fourth-order valence-corrected chi connectivity index (χ4v) is 4.99. The van der Waals surface area contributed by atoms with Gasteiger partial charge in [-0.25, -0.2) is 8.42 Å². The van der Waals surface area contributed by atoms with Gasteiger partial charge >= 0.3 is 0 Å². The fraction of sp³-hybridized carbons (Fsp3) is 0.529. The van der Waals surface area contributed by atoms with Gasteiger partial charge in [-0.2, -0.15) is 9.19 Å². The molecule has 2 saturated heterocycles. The normalized spacial score (nSPS) is 26.9. The first-order valence-electron chi connectivity index (χ1n) is 8.55. The minimum absolute atomic E-state index is 0.114. The maximum atomic E-state index is 12.8. The lowest BCUT2D eigenvalue weighted by molar-refractivity contribution is 0.0879. The van der Waals surface area contributed by atoms with Crippen molar-refractivity contribution in [2.24, 2.45) is 0 Å². The summed E-state index contributed by atoms with van der Waals surface area (Å²) < 4.78 is 24.9. The van der Waals surface area contributed by atoms with E-state index < -0.39 is 10.0 Å². The monoisotopic (exact) mass is 362 g/mol. The molecule has 1 aromatic heterocycles. The fourth-order valence-electron chi connectivity index (χ4n) is 4.24. The van der Waals surface area contributed by atoms with Crippen LogP contribution in [0.2, 0.25) is 0 Å². The number of nitrogens with zero attached hydrogens (tertiary/aromatic N) is 3. The standard InChI is InChI=1S/C17H22N4O3S/c1-20-12-7-8-13(20)10-11(9-12)18-17(22)16-14-5-3-4-6-15(14)21(19-16)25(2,23)24/h3-6,11-13H,7-10H2,1-2H3,(H,18,22)/t11?,12-,13+. The van der Waals surface area contributed by atoms with Gasteiger partial charge < -0.3 is 10.2 Å². The van der Waals surface area contributed by atoms with E-state index in [1.165, 1.54) is 12.8 Å². The number of amides is 1. The molecule has 1 N–H and O–H groups in total. The summed E-state index contributed by atoms with van der Waals surface area (Å²) in [7, 11) is -1.42. The van der Waals surface area contributed by atoms with Crippen LogP contribution >= 0.6 is 0 Å². The van der Waals surface area contributed by atoms with Gasteiger partial charge in [0.25, 0.3) is 15.9 Å². The SMILES string of the molecule is CN1[C@@H]2CC[C@H]1CC(NC(=O)c1nn(S(C)(=O)=O)c3ccccc13)C2. The van der Waals surface area contributed by atoms with Crippen LogP contribution in [0.4, 0.5) is 0 Å². The number of carbonyl (C=O) groups excluding carboxylic acids is 1. The second kappa shape index (κ2) is 5.81. The molecule has 3 heterocycles. The van der Waals surface area contributed by atoms with Gasteiger partial charge in [0, 0.05) is 23.5 Å².